The minimum absolute atomic E-state index is 0.0177. The Bertz CT molecular complexity index is 1660. The number of ether oxygens (including phenoxy) is 1. The summed E-state index contributed by atoms with van der Waals surface area (Å²) >= 11 is 13.9. The summed E-state index contributed by atoms with van der Waals surface area (Å²) in [6.07, 6.45) is 1.68. The third-order valence-electron chi connectivity index (χ3n) is 5.51. The molecule has 4 nitrogen and oxygen atoms in total. The largest absolute Gasteiger partial charge is 0.487 e. The number of halogens is 3. The van der Waals surface area contributed by atoms with Crippen LogP contribution in [0.3, 0.4) is 0 Å². The first kappa shape index (κ1) is 21.9. The first-order valence-electron chi connectivity index (χ1n) is 10.1. The molecule has 0 aliphatic carbocycles. The van der Waals surface area contributed by atoms with Crippen molar-refractivity contribution in [1.29, 1.82) is 0 Å². The zero-order valence-corrected chi connectivity index (χ0v) is 20.0. The summed E-state index contributed by atoms with van der Waals surface area (Å²) < 4.78 is 22.0. The molecule has 3 aromatic carbocycles. The number of fused-ring (bicyclic) bond motifs is 3. The van der Waals surface area contributed by atoms with Gasteiger partial charge in [-0.1, -0.05) is 52.7 Å². The third-order valence-corrected chi connectivity index (χ3v) is 6.98. The highest BCUT2D eigenvalue weighted by molar-refractivity contribution is 7.15. The molecule has 0 N–H and O–H groups in total. The first-order chi connectivity index (χ1) is 15.8. The molecule has 0 radical (unpaired) electrons. The summed E-state index contributed by atoms with van der Waals surface area (Å²) in [5.41, 5.74) is 4.51. The van der Waals surface area contributed by atoms with Crippen molar-refractivity contribution in [3.8, 4) is 5.75 Å². The van der Waals surface area contributed by atoms with Crippen molar-refractivity contribution in [3.05, 3.63) is 102 Å². The van der Waals surface area contributed by atoms with E-state index in [9.17, 15) is 9.18 Å². The number of nitrogens with zero attached hydrogens (tertiary/aromatic N) is 2. The van der Waals surface area contributed by atoms with Crippen LogP contribution in [-0.4, -0.2) is 9.38 Å². The quantitative estimate of drug-likeness (QED) is 0.300. The number of hydrogen-bond donors (Lipinski definition) is 0. The zero-order chi connectivity index (χ0) is 23.3. The number of benzene rings is 3. The van der Waals surface area contributed by atoms with Crippen LogP contribution in [0.25, 0.3) is 22.1 Å². The Labute approximate surface area is 202 Å². The fraction of sp³-hybridized carbons (Fsp3) is 0.120. The van der Waals surface area contributed by atoms with Crippen LogP contribution in [0.2, 0.25) is 10.0 Å². The van der Waals surface area contributed by atoms with Gasteiger partial charge in [0.15, 0.2) is 4.96 Å². The van der Waals surface area contributed by atoms with Gasteiger partial charge in [-0.2, -0.15) is 0 Å². The average Bonchev–Trinajstić information content (AvgIpc) is 3.24. The van der Waals surface area contributed by atoms with Crippen LogP contribution < -0.4 is 14.8 Å². The van der Waals surface area contributed by atoms with Crippen LogP contribution in [0.5, 0.6) is 5.75 Å². The van der Waals surface area contributed by atoms with E-state index >= 15 is 0 Å². The number of thiazole rings is 1. The molecule has 0 saturated heterocycles. The molecule has 0 aliphatic heterocycles. The lowest BCUT2D eigenvalue weighted by atomic mass is 10.1. The van der Waals surface area contributed by atoms with Crippen molar-refractivity contribution < 1.29 is 9.13 Å². The maximum Gasteiger partial charge on any atom is 0.274 e. The summed E-state index contributed by atoms with van der Waals surface area (Å²) in [4.78, 5) is 18.5. The summed E-state index contributed by atoms with van der Waals surface area (Å²) in [5, 5.41) is 0.672. The topological polar surface area (TPSA) is 43.6 Å². The van der Waals surface area contributed by atoms with Gasteiger partial charge < -0.3 is 4.74 Å². The molecule has 166 valence electrons. The Morgan fingerprint density at radius 3 is 2.67 bits per heavy atom. The van der Waals surface area contributed by atoms with E-state index in [4.69, 9.17) is 27.9 Å². The second kappa shape index (κ2) is 8.45. The number of aryl methyl sites for hydroxylation is 2. The van der Waals surface area contributed by atoms with Crippen LogP contribution in [0, 0.1) is 19.7 Å². The molecule has 5 rings (SSSR count). The van der Waals surface area contributed by atoms with Crippen LogP contribution in [0.4, 0.5) is 4.39 Å². The number of hydrogen-bond acceptors (Lipinski definition) is 4. The molecule has 2 aromatic heterocycles. The summed E-state index contributed by atoms with van der Waals surface area (Å²) in [7, 11) is 0. The number of aromatic nitrogens is 2. The fourth-order valence-corrected chi connectivity index (χ4v) is 5.21. The molecule has 5 aromatic rings. The Hall–Kier alpha value is -2.93. The molecular formula is C25H17Cl2FN2O2S. The van der Waals surface area contributed by atoms with Crippen LogP contribution >= 0.6 is 34.5 Å². The lowest BCUT2D eigenvalue weighted by Gasteiger charge is -2.12. The van der Waals surface area contributed by atoms with E-state index in [1.54, 1.807) is 40.8 Å². The fourth-order valence-electron chi connectivity index (χ4n) is 3.66. The van der Waals surface area contributed by atoms with Gasteiger partial charge in [0.25, 0.3) is 5.56 Å². The molecule has 33 heavy (non-hydrogen) atoms. The van der Waals surface area contributed by atoms with Gasteiger partial charge in [-0.15, -0.1) is 0 Å². The summed E-state index contributed by atoms with van der Waals surface area (Å²) in [6, 6.07) is 13.5. The lowest BCUT2D eigenvalue weighted by Crippen LogP contribution is -2.22. The summed E-state index contributed by atoms with van der Waals surface area (Å²) in [6.45, 7) is 4.01. The first-order valence-corrected chi connectivity index (χ1v) is 11.7. The molecule has 0 saturated carbocycles. The molecule has 8 heteroatoms. The smallest absolute Gasteiger partial charge is 0.274 e. The SMILES string of the molecule is Cc1cc2nc3s/c(=C\c4cc(Cl)cc(Cl)c4OCc4ccccc4F)c(=O)n3c2cc1C. The monoisotopic (exact) mass is 498 g/mol. The Kier molecular flexibility index (Phi) is 5.60. The van der Waals surface area contributed by atoms with Crippen molar-refractivity contribution in [2.45, 2.75) is 20.5 Å². The number of imidazole rings is 1. The molecule has 0 spiro atoms. The van der Waals surface area contributed by atoms with E-state index in [1.165, 1.54) is 17.4 Å². The van der Waals surface area contributed by atoms with E-state index < -0.39 is 0 Å². The average molecular weight is 499 g/mol. The minimum atomic E-state index is -0.369. The van der Waals surface area contributed by atoms with Crippen LogP contribution in [-0.2, 0) is 6.61 Å². The molecule has 2 heterocycles. The molecule has 0 amide bonds. The second-order valence-electron chi connectivity index (χ2n) is 7.76. The van der Waals surface area contributed by atoms with Crippen molar-refractivity contribution in [3.63, 3.8) is 0 Å². The van der Waals surface area contributed by atoms with Gasteiger partial charge in [0.05, 0.1) is 20.6 Å². The van der Waals surface area contributed by atoms with E-state index in [0.717, 1.165) is 22.2 Å². The predicted molar refractivity (Wildman–Crippen MR) is 132 cm³/mol. The maximum atomic E-state index is 14.0. The van der Waals surface area contributed by atoms with Crippen LogP contribution in [0.15, 0.2) is 53.3 Å². The van der Waals surface area contributed by atoms with E-state index in [0.29, 0.717) is 31.4 Å². The van der Waals surface area contributed by atoms with Gasteiger partial charge in [0.2, 0.25) is 0 Å². The van der Waals surface area contributed by atoms with E-state index in [2.05, 4.69) is 4.98 Å². The van der Waals surface area contributed by atoms with Crippen molar-refractivity contribution in [2.24, 2.45) is 0 Å². The third kappa shape index (κ3) is 3.99. The predicted octanol–water partition coefficient (Wildman–Crippen LogP) is 6.10. The summed E-state index contributed by atoms with van der Waals surface area (Å²) in [5.74, 6) is -0.0436. The highest BCUT2D eigenvalue weighted by atomic mass is 35.5. The van der Waals surface area contributed by atoms with Gasteiger partial charge in [0.1, 0.15) is 18.2 Å². The Morgan fingerprint density at radius 2 is 1.88 bits per heavy atom. The Balaban J connectivity index is 1.63. The highest BCUT2D eigenvalue weighted by Crippen LogP contribution is 2.34. The molecule has 0 fully saturated rings. The molecule has 0 bridgehead atoms. The maximum absolute atomic E-state index is 14.0. The molecule has 0 unspecified atom stereocenters. The Morgan fingerprint density at radius 1 is 1.12 bits per heavy atom. The van der Waals surface area contributed by atoms with Crippen molar-refractivity contribution >= 4 is 56.6 Å². The van der Waals surface area contributed by atoms with Gasteiger partial charge in [-0.05, 0) is 61.4 Å². The highest BCUT2D eigenvalue weighted by Gasteiger charge is 2.15. The van der Waals surface area contributed by atoms with Gasteiger partial charge in [0, 0.05) is 16.1 Å². The lowest BCUT2D eigenvalue weighted by molar-refractivity contribution is 0.299. The van der Waals surface area contributed by atoms with Gasteiger partial charge in [-0.25, -0.2) is 13.8 Å². The standard InChI is InChI=1S/C25H17Cl2FN2O2S/c1-13-7-20-21(8-14(13)2)30-24(31)22(33-25(30)29-20)10-16-9-17(26)11-18(27)23(16)32-12-15-5-3-4-6-19(15)28/h3-11H,12H2,1-2H3/b22-10-. The van der Waals surface area contributed by atoms with E-state index in [1.807, 2.05) is 26.0 Å². The van der Waals surface area contributed by atoms with Crippen LogP contribution in [0.1, 0.15) is 22.3 Å². The molecular weight excluding hydrogens is 482 g/mol. The van der Waals surface area contributed by atoms with E-state index in [-0.39, 0.29) is 23.0 Å². The second-order valence-corrected chi connectivity index (χ2v) is 9.61. The zero-order valence-electron chi connectivity index (χ0n) is 17.7. The van der Waals surface area contributed by atoms with Gasteiger partial charge in [-0.3, -0.25) is 4.79 Å². The van der Waals surface area contributed by atoms with Gasteiger partial charge >= 0.3 is 0 Å². The minimum Gasteiger partial charge on any atom is -0.487 e. The van der Waals surface area contributed by atoms with Crippen molar-refractivity contribution in [1.82, 2.24) is 9.38 Å². The normalized spacial score (nSPS) is 12.2. The molecule has 0 aliphatic rings. The molecule has 0 atom stereocenters. The van der Waals surface area contributed by atoms with Crippen molar-refractivity contribution in [2.75, 3.05) is 0 Å². The number of rotatable bonds is 4.